The number of nitrogens with zero attached hydrogens (tertiary/aromatic N) is 2. The van der Waals surface area contributed by atoms with Gasteiger partial charge in [-0.1, -0.05) is 11.6 Å². The van der Waals surface area contributed by atoms with Gasteiger partial charge in [0.15, 0.2) is 0 Å². The number of hydrogen-bond acceptors (Lipinski definition) is 4. The van der Waals surface area contributed by atoms with Crippen molar-refractivity contribution in [2.75, 3.05) is 7.11 Å². The smallest absolute Gasteiger partial charge is 0.339 e. The van der Waals surface area contributed by atoms with Gasteiger partial charge in [0.2, 0.25) is 0 Å². The number of carbonyl (C=O) groups is 1. The third-order valence-electron chi connectivity index (χ3n) is 2.68. The van der Waals surface area contributed by atoms with Crippen LogP contribution in [-0.2, 0) is 0 Å². The highest BCUT2D eigenvalue weighted by atomic mass is 35.5. The number of halogens is 1. The number of benzene rings is 1. The Bertz CT molecular complexity index is 644. The molecule has 2 rings (SSSR count). The molecule has 0 aliphatic carbocycles. The zero-order valence-corrected chi connectivity index (χ0v) is 11.1. The van der Waals surface area contributed by atoms with Crippen LogP contribution in [0.3, 0.4) is 0 Å². The number of carboxylic acids is 1. The van der Waals surface area contributed by atoms with Crippen molar-refractivity contribution >= 4 is 17.6 Å². The van der Waals surface area contributed by atoms with E-state index in [2.05, 4.69) is 9.97 Å². The van der Waals surface area contributed by atoms with Crippen LogP contribution in [0.2, 0.25) is 5.02 Å². The zero-order valence-electron chi connectivity index (χ0n) is 10.3. The zero-order chi connectivity index (χ0) is 14.0. The van der Waals surface area contributed by atoms with Gasteiger partial charge in [-0.3, -0.25) is 0 Å². The van der Waals surface area contributed by atoms with E-state index in [1.165, 1.54) is 19.6 Å². The van der Waals surface area contributed by atoms with Crippen molar-refractivity contribution in [1.29, 1.82) is 0 Å². The minimum Gasteiger partial charge on any atom is -0.496 e. The van der Waals surface area contributed by atoms with E-state index in [1.54, 1.807) is 12.1 Å². The maximum absolute atomic E-state index is 11.2. The highest BCUT2D eigenvalue weighted by Crippen LogP contribution is 2.34. The van der Waals surface area contributed by atoms with Gasteiger partial charge in [-0.2, -0.15) is 0 Å². The fraction of sp³-hybridized carbons (Fsp3) is 0.154. The van der Waals surface area contributed by atoms with Gasteiger partial charge in [-0.25, -0.2) is 14.8 Å². The van der Waals surface area contributed by atoms with E-state index < -0.39 is 5.97 Å². The molecule has 98 valence electrons. The third kappa shape index (κ3) is 2.51. The largest absolute Gasteiger partial charge is 0.496 e. The molecular weight excluding hydrogens is 268 g/mol. The lowest BCUT2D eigenvalue weighted by Gasteiger charge is -2.11. The summed E-state index contributed by atoms with van der Waals surface area (Å²) in [7, 11) is 1.51. The molecular formula is C13H11ClN2O3. The van der Waals surface area contributed by atoms with Crippen LogP contribution in [0.1, 0.15) is 15.9 Å². The molecule has 5 nitrogen and oxygen atoms in total. The van der Waals surface area contributed by atoms with E-state index in [1.807, 2.05) is 6.92 Å². The molecule has 0 bridgehead atoms. The monoisotopic (exact) mass is 278 g/mol. The van der Waals surface area contributed by atoms with Crippen LogP contribution in [0.5, 0.6) is 5.75 Å². The molecule has 1 heterocycles. The lowest BCUT2D eigenvalue weighted by molar-refractivity contribution is 0.0697. The van der Waals surface area contributed by atoms with Crippen molar-refractivity contribution < 1.29 is 14.6 Å². The standard InChI is InChI=1S/C13H11ClN2O3/c1-7-3-11(19-2)8(4-10(7)14)12-9(13(17)18)5-15-6-16-12/h3-6H,1-2H3,(H,17,18). The Kier molecular flexibility index (Phi) is 3.66. The first-order valence-corrected chi connectivity index (χ1v) is 5.80. The Balaban J connectivity index is 2.71. The van der Waals surface area contributed by atoms with Crippen LogP contribution in [-0.4, -0.2) is 28.2 Å². The summed E-state index contributed by atoms with van der Waals surface area (Å²) in [6, 6.07) is 3.38. The highest BCUT2D eigenvalue weighted by molar-refractivity contribution is 6.31. The van der Waals surface area contributed by atoms with E-state index in [-0.39, 0.29) is 11.3 Å². The van der Waals surface area contributed by atoms with E-state index in [4.69, 9.17) is 21.4 Å². The molecule has 0 spiro atoms. The third-order valence-corrected chi connectivity index (χ3v) is 3.09. The molecule has 1 aromatic heterocycles. The Labute approximate surface area is 114 Å². The molecule has 0 radical (unpaired) electrons. The fourth-order valence-electron chi connectivity index (χ4n) is 1.71. The number of hydrogen-bond donors (Lipinski definition) is 1. The first-order chi connectivity index (χ1) is 9.04. The Morgan fingerprint density at radius 2 is 2.16 bits per heavy atom. The van der Waals surface area contributed by atoms with Crippen molar-refractivity contribution in [3.8, 4) is 17.0 Å². The number of aromatic carboxylic acids is 1. The number of aromatic nitrogens is 2. The molecule has 0 fully saturated rings. The Hall–Kier alpha value is -2.14. The van der Waals surface area contributed by atoms with Crippen LogP contribution in [0.15, 0.2) is 24.7 Å². The van der Waals surface area contributed by atoms with Crippen LogP contribution in [0.4, 0.5) is 0 Å². The lowest BCUT2D eigenvalue weighted by atomic mass is 10.0. The minimum atomic E-state index is -1.10. The average molecular weight is 279 g/mol. The van der Waals surface area contributed by atoms with Crippen molar-refractivity contribution in [1.82, 2.24) is 9.97 Å². The van der Waals surface area contributed by atoms with Crippen molar-refractivity contribution in [2.24, 2.45) is 0 Å². The van der Waals surface area contributed by atoms with Gasteiger partial charge in [0.25, 0.3) is 0 Å². The summed E-state index contributed by atoms with van der Waals surface area (Å²) in [4.78, 5) is 18.9. The van der Waals surface area contributed by atoms with E-state index >= 15 is 0 Å². The quantitative estimate of drug-likeness (QED) is 0.934. The summed E-state index contributed by atoms with van der Waals surface area (Å²) < 4.78 is 5.26. The molecule has 6 heteroatoms. The summed E-state index contributed by atoms with van der Waals surface area (Å²) in [6.07, 6.45) is 2.53. The highest BCUT2D eigenvalue weighted by Gasteiger charge is 2.18. The van der Waals surface area contributed by atoms with Gasteiger partial charge in [0, 0.05) is 16.8 Å². The number of aryl methyl sites for hydroxylation is 1. The molecule has 0 aliphatic rings. The van der Waals surface area contributed by atoms with Gasteiger partial charge >= 0.3 is 5.97 Å². The second-order valence-corrected chi connectivity index (χ2v) is 4.30. The van der Waals surface area contributed by atoms with Gasteiger partial charge in [0.05, 0.1) is 12.8 Å². The van der Waals surface area contributed by atoms with Crippen LogP contribution in [0, 0.1) is 6.92 Å². The second-order valence-electron chi connectivity index (χ2n) is 3.89. The van der Waals surface area contributed by atoms with Crippen LogP contribution in [0.25, 0.3) is 11.3 Å². The number of carboxylic acid groups (broad SMARTS) is 1. The van der Waals surface area contributed by atoms with Gasteiger partial charge in [0.1, 0.15) is 17.6 Å². The SMILES string of the molecule is COc1cc(C)c(Cl)cc1-c1ncncc1C(=O)O. The predicted molar refractivity (Wildman–Crippen MR) is 70.7 cm³/mol. The van der Waals surface area contributed by atoms with Crippen molar-refractivity contribution in [2.45, 2.75) is 6.92 Å². The van der Waals surface area contributed by atoms with Gasteiger partial charge in [-0.05, 0) is 24.6 Å². The van der Waals surface area contributed by atoms with E-state index in [0.29, 0.717) is 16.3 Å². The maximum atomic E-state index is 11.2. The maximum Gasteiger partial charge on any atom is 0.339 e. The topological polar surface area (TPSA) is 72.3 Å². The average Bonchev–Trinajstić information content (AvgIpc) is 2.41. The summed E-state index contributed by atoms with van der Waals surface area (Å²) in [6.45, 7) is 1.84. The second kappa shape index (κ2) is 5.24. The molecule has 0 aliphatic heterocycles. The summed E-state index contributed by atoms with van der Waals surface area (Å²) in [5.41, 5.74) is 1.65. The molecule has 0 unspecified atom stereocenters. The van der Waals surface area contributed by atoms with Gasteiger partial charge < -0.3 is 9.84 Å². The summed E-state index contributed by atoms with van der Waals surface area (Å²) >= 11 is 6.08. The molecule has 19 heavy (non-hydrogen) atoms. The van der Waals surface area contributed by atoms with Crippen molar-refractivity contribution in [3.05, 3.63) is 40.8 Å². The van der Waals surface area contributed by atoms with E-state index in [9.17, 15) is 4.79 Å². The Morgan fingerprint density at radius 1 is 1.42 bits per heavy atom. The van der Waals surface area contributed by atoms with E-state index in [0.717, 1.165) is 5.56 Å². The molecule has 1 aromatic carbocycles. The first kappa shape index (κ1) is 13.3. The molecule has 0 saturated heterocycles. The molecule has 0 atom stereocenters. The normalized spacial score (nSPS) is 10.3. The predicted octanol–water partition coefficient (Wildman–Crippen LogP) is 2.81. The Morgan fingerprint density at radius 3 is 2.79 bits per heavy atom. The lowest BCUT2D eigenvalue weighted by Crippen LogP contribution is -2.03. The number of ether oxygens (including phenoxy) is 1. The van der Waals surface area contributed by atoms with Crippen LogP contribution < -0.4 is 4.74 Å². The number of methoxy groups -OCH3 is 1. The fourth-order valence-corrected chi connectivity index (χ4v) is 1.87. The first-order valence-electron chi connectivity index (χ1n) is 5.42. The molecule has 0 amide bonds. The van der Waals surface area contributed by atoms with Crippen molar-refractivity contribution in [3.63, 3.8) is 0 Å². The molecule has 0 saturated carbocycles. The van der Waals surface area contributed by atoms with Crippen LogP contribution >= 0.6 is 11.6 Å². The molecule has 1 N–H and O–H groups in total. The summed E-state index contributed by atoms with van der Waals surface area (Å²) in [5.74, 6) is -0.586. The summed E-state index contributed by atoms with van der Waals surface area (Å²) in [5, 5.41) is 9.68. The molecule has 2 aromatic rings. The number of rotatable bonds is 3. The minimum absolute atomic E-state index is 0.000666. The van der Waals surface area contributed by atoms with Gasteiger partial charge in [-0.15, -0.1) is 0 Å².